The molecule has 2 atom stereocenters. The second-order valence-electron chi connectivity index (χ2n) is 7.31. The number of H-pyrrole nitrogens is 1. The molecule has 3 heterocycles. The molecule has 2 N–H and O–H groups in total. The number of nitrogens with zero attached hydrogens (tertiary/aromatic N) is 2. The number of likely N-dealkylation sites (tertiary alicyclic amines) is 1. The first kappa shape index (κ1) is 17.8. The molecule has 2 aliphatic heterocycles. The van der Waals surface area contributed by atoms with Crippen LogP contribution in [0.15, 0.2) is 12.1 Å². The van der Waals surface area contributed by atoms with Crippen molar-refractivity contribution >= 4 is 28.6 Å². The minimum absolute atomic E-state index is 0.137. The largest absolute Gasteiger partial charge is 0.446 e. The van der Waals surface area contributed by atoms with Gasteiger partial charge in [-0.25, -0.2) is 4.79 Å². The van der Waals surface area contributed by atoms with Gasteiger partial charge in [0, 0.05) is 69.3 Å². The lowest BCUT2D eigenvalue weighted by molar-refractivity contribution is -0.132. The highest BCUT2D eigenvalue weighted by atomic mass is 16.6. The number of anilines is 1. The summed E-state index contributed by atoms with van der Waals surface area (Å²) in [5.41, 5.74) is 3.52. The summed E-state index contributed by atoms with van der Waals surface area (Å²) in [5.74, 6) is 0.293. The van der Waals surface area contributed by atoms with Gasteiger partial charge >= 0.3 is 6.09 Å². The molecule has 8 nitrogen and oxygen atoms in total. The third-order valence-electron chi connectivity index (χ3n) is 5.48. The first-order valence-electron chi connectivity index (χ1n) is 9.26. The van der Waals surface area contributed by atoms with Crippen LogP contribution >= 0.6 is 0 Å². The van der Waals surface area contributed by atoms with E-state index in [1.807, 2.05) is 13.1 Å². The lowest BCUT2D eigenvalue weighted by Gasteiger charge is -2.28. The van der Waals surface area contributed by atoms with Crippen molar-refractivity contribution in [2.24, 2.45) is 0 Å². The van der Waals surface area contributed by atoms with E-state index in [1.54, 1.807) is 12.0 Å². The van der Waals surface area contributed by atoms with Crippen LogP contribution in [0, 0.1) is 0 Å². The van der Waals surface area contributed by atoms with E-state index in [9.17, 15) is 9.59 Å². The summed E-state index contributed by atoms with van der Waals surface area (Å²) in [7, 11) is 3.47. The van der Waals surface area contributed by atoms with Crippen molar-refractivity contribution in [3.8, 4) is 0 Å². The Labute approximate surface area is 157 Å². The van der Waals surface area contributed by atoms with Crippen molar-refractivity contribution in [3.05, 3.63) is 23.4 Å². The molecule has 0 saturated carbocycles. The maximum absolute atomic E-state index is 12.1. The Morgan fingerprint density at radius 2 is 2.19 bits per heavy atom. The van der Waals surface area contributed by atoms with Crippen LogP contribution in [0.25, 0.3) is 10.9 Å². The Kier molecular flexibility index (Phi) is 4.73. The van der Waals surface area contributed by atoms with Crippen LogP contribution in [0.5, 0.6) is 0 Å². The highest BCUT2D eigenvalue weighted by Gasteiger charge is 2.29. The molecule has 1 aromatic heterocycles. The van der Waals surface area contributed by atoms with Gasteiger partial charge in [0.2, 0.25) is 5.91 Å². The maximum Gasteiger partial charge on any atom is 0.411 e. The minimum Gasteiger partial charge on any atom is -0.446 e. The van der Waals surface area contributed by atoms with Crippen LogP contribution in [0.2, 0.25) is 0 Å². The molecule has 2 amide bonds. The number of aromatic amines is 1. The van der Waals surface area contributed by atoms with Gasteiger partial charge < -0.3 is 14.4 Å². The number of carbonyl (C=O) groups is 2. The van der Waals surface area contributed by atoms with Crippen molar-refractivity contribution in [1.29, 1.82) is 0 Å². The summed E-state index contributed by atoms with van der Waals surface area (Å²) in [6.07, 6.45) is 1.97. The van der Waals surface area contributed by atoms with Gasteiger partial charge in [0.1, 0.15) is 6.10 Å². The molecule has 27 heavy (non-hydrogen) atoms. The van der Waals surface area contributed by atoms with Crippen LogP contribution in [0.1, 0.15) is 36.4 Å². The fourth-order valence-corrected chi connectivity index (χ4v) is 3.90. The lowest BCUT2D eigenvalue weighted by Crippen LogP contribution is -2.34. The van der Waals surface area contributed by atoms with Gasteiger partial charge in [0.05, 0.1) is 5.52 Å². The quantitative estimate of drug-likeness (QED) is 0.859. The van der Waals surface area contributed by atoms with Crippen LogP contribution in [0.4, 0.5) is 10.5 Å². The third-order valence-corrected chi connectivity index (χ3v) is 5.48. The standard InChI is InChI=1S/C19H24N4O4/c1-23-5-3-11(9-17(23)24)18-14-8-12-7-13(4-6-26-2)27-19(25)20-15(12)10-16(14)21-22-18/h8,10-11,13H,3-7,9H2,1-2H3,(H,20,25)(H,21,22). The fourth-order valence-electron chi connectivity index (χ4n) is 3.90. The number of cyclic esters (lactones) is 1. The Balaban J connectivity index is 1.67. The third kappa shape index (κ3) is 3.49. The number of rotatable bonds is 4. The van der Waals surface area contributed by atoms with E-state index in [1.165, 1.54) is 0 Å². The molecule has 0 aliphatic carbocycles. The van der Waals surface area contributed by atoms with Crippen LogP contribution in [-0.4, -0.2) is 60.5 Å². The van der Waals surface area contributed by atoms with E-state index in [-0.39, 0.29) is 17.9 Å². The molecule has 2 unspecified atom stereocenters. The minimum atomic E-state index is -0.453. The van der Waals surface area contributed by atoms with Crippen LogP contribution in [-0.2, 0) is 20.7 Å². The van der Waals surface area contributed by atoms with Crippen molar-refractivity contribution in [3.63, 3.8) is 0 Å². The normalized spacial score (nSPS) is 23.0. The number of fused-ring (bicyclic) bond motifs is 2. The number of carbonyl (C=O) groups excluding carboxylic acids is 2. The molecule has 144 valence electrons. The van der Waals surface area contributed by atoms with Crippen molar-refractivity contribution in [1.82, 2.24) is 15.1 Å². The highest BCUT2D eigenvalue weighted by molar-refractivity contribution is 5.93. The van der Waals surface area contributed by atoms with Gasteiger partial charge in [-0.1, -0.05) is 0 Å². The van der Waals surface area contributed by atoms with Crippen molar-refractivity contribution in [2.45, 2.75) is 37.7 Å². The molecule has 4 rings (SSSR count). The molecule has 1 aromatic carbocycles. The maximum atomic E-state index is 12.1. The zero-order valence-corrected chi connectivity index (χ0v) is 15.6. The first-order valence-corrected chi connectivity index (χ1v) is 9.26. The lowest BCUT2D eigenvalue weighted by atomic mass is 9.90. The molecule has 1 saturated heterocycles. The average Bonchev–Trinajstić information content (AvgIpc) is 2.97. The van der Waals surface area contributed by atoms with Gasteiger partial charge in [-0.3, -0.25) is 15.2 Å². The number of aromatic nitrogens is 2. The number of piperidine rings is 1. The number of nitrogens with one attached hydrogen (secondary N) is 2. The van der Waals surface area contributed by atoms with Crippen molar-refractivity contribution < 1.29 is 19.1 Å². The predicted octanol–water partition coefficient (Wildman–Crippen LogP) is 2.41. The number of hydrogen-bond donors (Lipinski definition) is 2. The fraction of sp³-hybridized carbons (Fsp3) is 0.526. The Morgan fingerprint density at radius 1 is 1.33 bits per heavy atom. The molecule has 1 fully saturated rings. The second-order valence-corrected chi connectivity index (χ2v) is 7.31. The monoisotopic (exact) mass is 372 g/mol. The SMILES string of the molecule is COCCC1Cc2cc3c(C4CCN(C)C(=O)C4)[nH]nc3cc2NC(=O)O1. The summed E-state index contributed by atoms with van der Waals surface area (Å²) in [4.78, 5) is 25.9. The first-order chi connectivity index (χ1) is 13.0. The van der Waals surface area contributed by atoms with E-state index >= 15 is 0 Å². The molecule has 2 aromatic rings. The van der Waals surface area contributed by atoms with E-state index in [0.717, 1.165) is 40.8 Å². The summed E-state index contributed by atoms with van der Waals surface area (Å²) in [6, 6.07) is 3.95. The molecule has 2 aliphatic rings. The smallest absolute Gasteiger partial charge is 0.411 e. The summed E-state index contributed by atoms with van der Waals surface area (Å²) in [5, 5.41) is 11.4. The molecular formula is C19H24N4O4. The molecule has 0 radical (unpaired) electrons. The summed E-state index contributed by atoms with van der Waals surface area (Å²) < 4.78 is 10.6. The van der Waals surface area contributed by atoms with Gasteiger partial charge in [0.25, 0.3) is 0 Å². The number of methoxy groups -OCH3 is 1. The number of ether oxygens (including phenoxy) is 2. The average molecular weight is 372 g/mol. The van der Waals surface area contributed by atoms with Crippen LogP contribution in [0.3, 0.4) is 0 Å². The van der Waals surface area contributed by atoms with Gasteiger partial charge in [-0.15, -0.1) is 0 Å². The zero-order valence-electron chi connectivity index (χ0n) is 15.6. The predicted molar refractivity (Wildman–Crippen MR) is 99.8 cm³/mol. The molecule has 8 heteroatoms. The summed E-state index contributed by atoms with van der Waals surface area (Å²) in [6.45, 7) is 1.28. The van der Waals surface area contributed by atoms with E-state index in [2.05, 4.69) is 21.6 Å². The van der Waals surface area contributed by atoms with E-state index in [4.69, 9.17) is 9.47 Å². The molecule has 0 bridgehead atoms. The molecule has 0 spiro atoms. The molecular weight excluding hydrogens is 348 g/mol. The Hall–Kier alpha value is -2.61. The summed E-state index contributed by atoms with van der Waals surface area (Å²) >= 11 is 0. The van der Waals surface area contributed by atoms with E-state index in [0.29, 0.717) is 25.9 Å². The highest BCUT2D eigenvalue weighted by Crippen LogP contribution is 2.35. The van der Waals surface area contributed by atoms with Gasteiger partial charge in [-0.2, -0.15) is 5.10 Å². The topological polar surface area (TPSA) is 96.5 Å². The van der Waals surface area contributed by atoms with Crippen LogP contribution < -0.4 is 5.32 Å². The number of benzene rings is 1. The zero-order chi connectivity index (χ0) is 19.0. The van der Waals surface area contributed by atoms with Gasteiger partial charge in [-0.05, 0) is 24.1 Å². The Morgan fingerprint density at radius 3 is 2.96 bits per heavy atom. The second kappa shape index (κ2) is 7.19. The Bertz CT molecular complexity index is 878. The number of amides is 2. The number of hydrogen-bond acceptors (Lipinski definition) is 5. The van der Waals surface area contributed by atoms with Gasteiger partial charge in [0.15, 0.2) is 0 Å². The van der Waals surface area contributed by atoms with E-state index < -0.39 is 6.09 Å². The van der Waals surface area contributed by atoms with Crippen molar-refractivity contribution in [2.75, 3.05) is 32.6 Å².